The molecule has 0 aromatic carbocycles. The molecule has 4 saturated carbocycles. The topological polar surface area (TPSA) is 26.3 Å². The van der Waals surface area contributed by atoms with Crippen LogP contribution in [0.25, 0.3) is 0 Å². The summed E-state index contributed by atoms with van der Waals surface area (Å²) in [6, 6.07) is 0. The van der Waals surface area contributed by atoms with Gasteiger partial charge in [0.25, 0.3) is 0 Å². The summed E-state index contributed by atoms with van der Waals surface area (Å²) in [7, 11) is 0. The number of rotatable bonds is 25. The Morgan fingerprint density at radius 3 is 1.72 bits per heavy atom. The van der Waals surface area contributed by atoms with E-state index in [9.17, 15) is 4.79 Å². The van der Waals surface area contributed by atoms with E-state index in [1.165, 1.54) is 180 Å². The van der Waals surface area contributed by atoms with Crippen molar-refractivity contribution in [2.75, 3.05) is 0 Å². The molecule has 0 N–H and O–H groups in total. The first-order chi connectivity index (χ1) is 24.2. The van der Waals surface area contributed by atoms with Gasteiger partial charge in [-0.2, -0.15) is 0 Å². The molecule has 292 valence electrons. The number of fused-ring (bicyclic) bond motifs is 5. The second-order valence-corrected chi connectivity index (χ2v) is 21.2. The molecule has 9 atom stereocenters. The maximum atomic E-state index is 13.0. The number of unbranched alkanes of at least 4 members (excludes halogenated alkanes) is 20. The summed E-state index contributed by atoms with van der Waals surface area (Å²) in [5.74, 6) is 3.54. The number of esters is 1. The molecule has 0 aromatic rings. The van der Waals surface area contributed by atoms with Crippen molar-refractivity contribution in [1.82, 2.24) is 0 Å². The normalized spacial score (nSPS) is 35.0. The summed E-state index contributed by atoms with van der Waals surface area (Å²) in [5.41, 5.74) is 0.818. The lowest BCUT2D eigenvalue weighted by Gasteiger charge is -2.65. The zero-order chi connectivity index (χ0) is 35.9. The van der Waals surface area contributed by atoms with Gasteiger partial charge in [-0.1, -0.05) is 194 Å². The van der Waals surface area contributed by atoms with Gasteiger partial charge in [-0.25, -0.2) is 0 Å². The minimum atomic E-state index is 0.0167. The minimum Gasteiger partial charge on any atom is -0.462 e. The highest BCUT2D eigenvalue weighted by Crippen LogP contribution is 2.71. The Hall–Kier alpha value is 0.430. The molecule has 0 aromatic heterocycles. The lowest BCUT2D eigenvalue weighted by molar-refractivity contribution is -0.157. The zero-order valence-corrected chi connectivity index (χ0v) is 36.8. The highest BCUT2D eigenvalue weighted by atomic mass is 79.9. The average molecular weight is 827 g/mol. The Morgan fingerprint density at radius 1 is 0.640 bits per heavy atom. The Labute approximate surface area is 328 Å². The second-order valence-electron chi connectivity index (χ2n) is 18.6. The Bertz CT molecular complexity index is 954. The van der Waals surface area contributed by atoms with Crippen molar-refractivity contribution < 1.29 is 9.53 Å². The van der Waals surface area contributed by atoms with E-state index in [1.54, 1.807) is 0 Å². The lowest BCUT2D eigenvalue weighted by atomic mass is 9.44. The fraction of sp³-hybridized carbons (Fsp3) is 0.978. The van der Waals surface area contributed by atoms with Gasteiger partial charge < -0.3 is 4.74 Å². The van der Waals surface area contributed by atoms with E-state index in [4.69, 9.17) is 4.74 Å². The molecule has 2 nitrogen and oxygen atoms in total. The third kappa shape index (κ3) is 11.5. The van der Waals surface area contributed by atoms with Crippen LogP contribution in [0.1, 0.15) is 233 Å². The zero-order valence-electron chi connectivity index (χ0n) is 33.7. The van der Waals surface area contributed by atoms with Crippen LogP contribution in [-0.4, -0.2) is 21.2 Å². The molecule has 4 heteroatoms. The Balaban J connectivity index is 1.11. The molecule has 4 fully saturated rings. The third-order valence-electron chi connectivity index (χ3n) is 15.3. The number of halogens is 2. The van der Waals surface area contributed by atoms with E-state index in [0.717, 1.165) is 42.9 Å². The molecular weight excluding hydrogens is 744 g/mol. The molecule has 4 aliphatic carbocycles. The standard InChI is InChI=1S/C46H82Br2O2/c1-5-7-9-11-13-14-15-16-17-18-19-20-21-22-24-26-28-43(49)50-38-31-34-45(4)41-32-33-44(3)37(27-25-23-12-10-8-6-2)29-30-40(44)39(41)35-42(47)46(45,48)36-38/h37-42H,5-36H2,1-4H3. The highest BCUT2D eigenvalue weighted by Gasteiger charge is 2.66. The predicted octanol–water partition coefficient (Wildman–Crippen LogP) is 15.9. The first-order valence-corrected chi connectivity index (χ1v) is 24.4. The number of carbonyl (C=O) groups excluding carboxylic acids is 1. The maximum absolute atomic E-state index is 13.0. The maximum Gasteiger partial charge on any atom is 0.306 e. The van der Waals surface area contributed by atoms with Crippen molar-refractivity contribution in [2.24, 2.45) is 34.5 Å². The monoisotopic (exact) mass is 824 g/mol. The van der Waals surface area contributed by atoms with Crippen molar-refractivity contribution in [1.29, 1.82) is 0 Å². The number of alkyl halides is 2. The Kier molecular flexibility index (Phi) is 19.1. The van der Waals surface area contributed by atoms with Gasteiger partial charge in [0, 0.05) is 22.0 Å². The van der Waals surface area contributed by atoms with Crippen LogP contribution in [0.5, 0.6) is 0 Å². The molecule has 9 unspecified atom stereocenters. The van der Waals surface area contributed by atoms with Gasteiger partial charge in [-0.05, 0) is 92.3 Å². The van der Waals surface area contributed by atoms with Crippen molar-refractivity contribution in [3.8, 4) is 0 Å². The van der Waals surface area contributed by atoms with Crippen LogP contribution in [-0.2, 0) is 9.53 Å². The van der Waals surface area contributed by atoms with E-state index in [0.29, 0.717) is 16.7 Å². The van der Waals surface area contributed by atoms with Gasteiger partial charge in [-0.3, -0.25) is 4.79 Å². The van der Waals surface area contributed by atoms with E-state index in [1.807, 2.05) is 0 Å². The summed E-state index contributed by atoms with van der Waals surface area (Å²) < 4.78 is 6.25. The van der Waals surface area contributed by atoms with Gasteiger partial charge in [0.1, 0.15) is 6.10 Å². The van der Waals surface area contributed by atoms with Crippen LogP contribution in [0.15, 0.2) is 0 Å². The van der Waals surface area contributed by atoms with Gasteiger partial charge >= 0.3 is 5.97 Å². The van der Waals surface area contributed by atoms with Crippen LogP contribution in [0, 0.1) is 34.5 Å². The number of ether oxygens (including phenoxy) is 1. The fourth-order valence-electron chi connectivity index (χ4n) is 12.1. The van der Waals surface area contributed by atoms with Gasteiger partial charge in [-0.15, -0.1) is 0 Å². The van der Waals surface area contributed by atoms with Crippen LogP contribution in [0.3, 0.4) is 0 Å². The summed E-state index contributed by atoms with van der Waals surface area (Å²) in [4.78, 5) is 13.4. The van der Waals surface area contributed by atoms with Crippen LogP contribution < -0.4 is 0 Å². The predicted molar refractivity (Wildman–Crippen MR) is 224 cm³/mol. The first-order valence-electron chi connectivity index (χ1n) is 22.7. The van der Waals surface area contributed by atoms with Crippen LogP contribution >= 0.6 is 31.9 Å². The molecular formula is C46H82Br2O2. The highest BCUT2D eigenvalue weighted by molar-refractivity contribution is 9.12. The van der Waals surface area contributed by atoms with Gasteiger partial charge in [0.2, 0.25) is 0 Å². The van der Waals surface area contributed by atoms with Crippen molar-refractivity contribution in [3.63, 3.8) is 0 Å². The lowest BCUT2D eigenvalue weighted by Crippen LogP contribution is -2.64. The molecule has 50 heavy (non-hydrogen) atoms. The summed E-state index contributed by atoms with van der Waals surface area (Å²) in [6.45, 7) is 9.95. The van der Waals surface area contributed by atoms with E-state index >= 15 is 0 Å². The molecule has 0 heterocycles. The van der Waals surface area contributed by atoms with E-state index < -0.39 is 0 Å². The largest absolute Gasteiger partial charge is 0.462 e. The summed E-state index contributed by atoms with van der Waals surface area (Å²) >= 11 is 8.73. The van der Waals surface area contributed by atoms with Crippen molar-refractivity contribution in [2.45, 2.75) is 248 Å². The molecule has 4 rings (SSSR count). The van der Waals surface area contributed by atoms with Crippen LogP contribution in [0.2, 0.25) is 0 Å². The smallest absolute Gasteiger partial charge is 0.306 e. The molecule has 0 bridgehead atoms. The van der Waals surface area contributed by atoms with Crippen molar-refractivity contribution >= 4 is 37.8 Å². The number of hydrogen-bond donors (Lipinski definition) is 0. The summed E-state index contributed by atoms with van der Waals surface area (Å²) in [5, 5.41) is 0. The van der Waals surface area contributed by atoms with E-state index in [2.05, 4.69) is 59.6 Å². The molecule has 0 radical (unpaired) electrons. The fourth-order valence-corrected chi connectivity index (χ4v) is 14.2. The molecule has 0 aliphatic heterocycles. The van der Waals surface area contributed by atoms with Gasteiger partial charge in [0.05, 0.1) is 0 Å². The molecule has 0 spiro atoms. The molecule has 0 amide bonds. The first kappa shape index (κ1) is 43.2. The number of carbonyl (C=O) groups is 1. The SMILES string of the molecule is CCCCCCCCCCCCCCCCCCC(=O)OC1CCC2(C)C3CCC4(C)C(CCCCCCCC)CCC4C3CC(Br)C2(Br)C1. The quantitative estimate of drug-likeness (QED) is 0.0521. The average Bonchev–Trinajstić information content (AvgIpc) is 3.43. The molecule has 4 aliphatic rings. The number of hydrogen-bond acceptors (Lipinski definition) is 2. The third-order valence-corrected chi connectivity index (χ3v) is 18.9. The minimum absolute atomic E-state index is 0.0167. The summed E-state index contributed by atoms with van der Waals surface area (Å²) in [6.07, 6.45) is 42.7. The van der Waals surface area contributed by atoms with Gasteiger partial charge in [0.15, 0.2) is 0 Å². The van der Waals surface area contributed by atoms with Crippen LogP contribution in [0.4, 0.5) is 0 Å². The Morgan fingerprint density at radius 2 is 1.16 bits per heavy atom. The van der Waals surface area contributed by atoms with E-state index in [-0.39, 0.29) is 21.8 Å². The molecule has 0 saturated heterocycles. The van der Waals surface area contributed by atoms with Crippen molar-refractivity contribution in [3.05, 3.63) is 0 Å². The second kappa shape index (κ2) is 22.1.